The van der Waals surface area contributed by atoms with Crippen LogP contribution in [0.4, 0.5) is 5.82 Å². The van der Waals surface area contributed by atoms with E-state index in [4.69, 9.17) is 9.84 Å². The van der Waals surface area contributed by atoms with Gasteiger partial charge in [0.05, 0.1) is 19.0 Å². The molecule has 1 aromatic rings. The second kappa shape index (κ2) is 6.00. The fraction of sp³-hybridized carbons (Fsp3) is 0.692. The lowest BCUT2D eigenvalue weighted by atomic mass is 9.92. The number of anilines is 1. The minimum Gasteiger partial charge on any atom is -0.474 e. The molecule has 18 heavy (non-hydrogen) atoms. The van der Waals surface area contributed by atoms with Gasteiger partial charge in [0.25, 0.3) is 0 Å². The highest BCUT2D eigenvalue weighted by atomic mass is 16.5. The molecule has 0 aromatic carbocycles. The molecule has 0 aliphatic carbocycles. The second-order valence-electron chi connectivity index (χ2n) is 5.14. The molecular formula is C13H21N3O2. The third-order valence-electron chi connectivity index (χ3n) is 3.13. The van der Waals surface area contributed by atoms with Gasteiger partial charge in [-0.2, -0.15) is 4.98 Å². The van der Waals surface area contributed by atoms with Crippen LogP contribution in [0.5, 0.6) is 5.88 Å². The first-order valence-corrected chi connectivity index (χ1v) is 6.49. The highest BCUT2D eigenvalue weighted by Gasteiger charge is 2.23. The predicted octanol–water partition coefficient (Wildman–Crippen LogP) is 1.33. The summed E-state index contributed by atoms with van der Waals surface area (Å²) in [5, 5.41) is 8.73. The highest BCUT2D eigenvalue weighted by molar-refractivity contribution is 5.38. The van der Waals surface area contributed by atoms with Crippen LogP contribution in [-0.4, -0.2) is 41.4 Å². The Balaban J connectivity index is 2.07. The van der Waals surface area contributed by atoms with E-state index >= 15 is 0 Å². The van der Waals surface area contributed by atoms with E-state index in [0.29, 0.717) is 17.7 Å². The van der Waals surface area contributed by atoms with E-state index in [-0.39, 0.29) is 13.2 Å². The van der Waals surface area contributed by atoms with Crippen LogP contribution in [0, 0.1) is 11.8 Å². The smallest absolute Gasteiger partial charge is 0.234 e. The molecule has 1 N–H and O–H groups in total. The number of aliphatic hydroxyl groups is 1. The van der Waals surface area contributed by atoms with Crippen molar-refractivity contribution in [2.75, 3.05) is 31.2 Å². The Bertz CT molecular complexity index is 376. The SMILES string of the molecule is C[C@@H]1C[C@@H](C)CN(c2cncc(OCCO)n2)C1. The Labute approximate surface area is 108 Å². The molecule has 0 radical (unpaired) electrons. The van der Waals surface area contributed by atoms with Gasteiger partial charge in [0, 0.05) is 13.1 Å². The van der Waals surface area contributed by atoms with Crippen molar-refractivity contribution in [3.05, 3.63) is 12.4 Å². The summed E-state index contributed by atoms with van der Waals surface area (Å²) in [4.78, 5) is 10.8. The predicted molar refractivity (Wildman–Crippen MR) is 69.8 cm³/mol. The van der Waals surface area contributed by atoms with Crippen molar-refractivity contribution in [2.24, 2.45) is 11.8 Å². The molecule has 1 aliphatic rings. The minimum atomic E-state index is -0.0102. The monoisotopic (exact) mass is 251 g/mol. The first-order chi connectivity index (χ1) is 8.69. The van der Waals surface area contributed by atoms with Crippen molar-refractivity contribution in [3.63, 3.8) is 0 Å². The normalized spacial score (nSPS) is 24.1. The zero-order chi connectivity index (χ0) is 13.0. The third kappa shape index (κ3) is 3.32. The van der Waals surface area contributed by atoms with Crippen molar-refractivity contribution < 1.29 is 9.84 Å². The molecular weight excluding hydrogens is 230 g/mol. The van der Waals surface area contributed by atoms with Crippen LogP contribution in [0.3, 0.4) is 0 Å². The van der Waals surface area contributed by atoms with Crippen LogP contribution in [0.15, 0.2) is 12.4 Å². The average Bonchev–Trinajstić information content (AvgIpc) is 2.35. The van der Waals surface area contributed by atoms with Gasteiger partial charge in [0.15, 0.2) is 5.82 Å². The maximum absolute atomic E-state index is 8.73. The van der Waals surface area contributed by atoms with Crippen molar-refractivity contribution in [2.45, 2.75) is 20.3 Å². The average molecular weight is 251 g/mol. The number of ether oxygens (including phenoxy) is 1. The lowest BCUT2D eigenvalue weighted by Crippen LogP contribution is -2.39. The van der Waals surface area contributed by atoms with Crippen molar-refractivity contribution in [1.82, 2.24) is 9.97 Å². The molecule has 0 bridgehead atoms. The molecule has 2 atom stereocenters. The number of aromatic nitrogens is 2. The second-order valence-corrected chi connectivity index (χ2v) is 5.14. The number of hydrogen-bond acceptors (Lipinski definition) is 5. The third-order valence-corrected chi connectivity index (χ3v) is 3.13. The largest absolute Gasteiger partial charge is 0.474 e. The molecule has 1 aliphatic heterocycles. The molecule has 0 spiro atoms. The molecule has 1 saturated heterocycles. The summed E-state index contributed by atoms with van der Waals surface area (Å²) in [6.07, 6.45) is 4.62. The lowest BCUT2D eigenvalue weighted by molar-refractivity contribution is 0.196. The van der Waals surface area contributed by atoms with Crippen LogP contribution >= 0.6 is 0 Å². The highest BCUT2D eigenvalue weighted by Crippen LogP contribution is 2.25. The first kappa shape index (κ1) is 13.1. The number of nitrogens with zero attached hydrogens (tertiary/aromatic N) is 3. The van der Waals surface area contributed by atoms with Gasteiger partial charge < -0.3 is 14.7 Å². The summed E-state index contributed by atoms with van der Waals surface area (Å²) in [5.74, 6) is 2.70. The molecule has 2 heterocycles. The van der Waals surface area contributed by atoms with Gasteiger partial charge in [0.1, 0.15) is 6.61 Å². The van der Waals surface area contributed by atoms with E-state index in [1.807, 2.05) is 0 Å². The topological polar surface area (TPSA) is 58.5 Å². The minimum absolute atomic E-state index is 0.0102. The summed E-state index contributed by atoms with van der Waals surface area (Å²) >= 11 is 0. The van der Waals surface area contributed by atoms with E-state index in [2.05, 4.69) is 28.7 Å². The molecule has 100 valence electrons. The maximum Gasteiger partial charge on any atom is 0.234 e. The molecule has 2 rings (SSSR count). The number of aliphatic hydroxyl groups excluding tert-OH is 1. The van der Waals surface area contributed by atoms with Gasteiger partial charge in [-0.1, -0.05) is 13.8 Å². The van der Waals surface area contributed by atoms with Crippen LogP contribution in [0.25, 0.3) is 0 Å². The van der Waals surface area contributed by atoms with E-state index < -0.39 is 0 Å². The van der Waals surface area contributed by atoms with Gasteiger partial charge in [-0.05, 0) is 18.3 Å². The standard InChI is InChI=1S/C13H21N3O2/c1-10-5-11(2)9-16(8-10)12-6-14-7-13(15-12)18-4-3-17/h6-7,10-11,17H,3-5,8-9H2,1-2H3/t10-,11-/m1/s1. The molecule has 5 heteroatoms. The van der Waals surface area contributed by atoms with E-state index in [0.717, 1.165) is 18.9 Å². The summed E-state index contributed by atoms with van der Waals surface area (Å²) in [7, 11) is 0. The molecule has 5 nitrogen and oxygen atoms in total. The van der Waals surface area contributed by atoms with Crippen LogP contribution < -0.4 is 9.64 Å². The Morgan fingerprint density at radius 3 is 2.72 bits per heavy atom. The van der Waals surface area contributed by atoms with Crippen LogP contribution in [-0.2, 0) is 0 Å². The fourth-order valence-electron chi connectivity index (χ4n) is 2.56. The zero-order valence-corrected chi connectivity index (χ0v) is 11.0. The lowest BCUT2D eigenvalue weighted by Gasteiger charge is -2.35. The Kier molecular flexibility index (Phi) is 4.36. The molecule has 0 amide bonds. The summed E-state index contributed by atoms with van der Waals surface area (Å²) in [6.45, 7) is 6.81. The number of piperidine rings is 1. The summed E-state index contributed by atoms with van der Waals surface area (Å²) in [6, 6.07) is 0. The zero-order valence-electron chi connectivity index (χ0n) is 11.0. The van der Waals surface area contributed by atoms with Crippen molar-refractivity contribution in [1.29, 1.82) is 0 Å². The van der Waals surface area contributed by atoms with Crippen LogP contribution in [0.2, 0.25) is 0 Å². The number of rotatable bonds is 4. The quantitative estimate of drug-likeness (QED) is 0.875. The number of hydrogen-bond donors (Lipinski definition) is 1. The maximum atomic E-state index is 8.73. The summed E-state index contributed by atoms with van der Waals surface area (Å²) < 4.78 is 5.29. The van der Waals surface area contributed by atoms with E-state index in [9.17, 15) is 0 Å². The Hall–Kier alpha value is -1.36. The fourth-order valence-corrected chi connectivity index (χ4v) is 2.56. The molecule has 0 saturated carbocycles. The Morgan fingerprint density at radius 1 is 1.33 bits per heavy atom. The summed E-state index contributed by atoms with van der Waals surface area (Å²) in [5.41, 5.74) is 0. The van der Waals surface area contributed by atoms with E-state index in [1.54, 1.807) is 12.4 Å². The molecule has 1 fully saturated rings. The first-order valence-electron chi connectivity index (χ1n) is 6.49. The molecule has 0 unspecified atom stereocenters. The van der Waals surface area contributed by atoms with Gasteiger partial charge in [-0.15, -0.1) is 0 Å². The Morgan fingerprint density at radius 2 is 2.06 bits per heavy atom. The van der Waals surface area contributed by atoms with Crippen molar-refractivity contribution >= 4 is 5.82 Å². The van der Waals surface area contributed by atoms with Gasteiger partial charge >= 0.3 is 0 Å². The van der Waals surface area contributed by atoms with Gasteiger partial charge in [0.2, 0.25) is 5.88 Å². The van der Waals surface area contributed by atoms with E-state index in [1.165, 1.54) is 6.42 Å². The van der Waals surface area contributed by atoms with Crippen LogP contribution in [0.1, 0.15) is 20.3 Å². The molecule has 1 aromatic heterocycles. The van der Waals surface area contributed by atoms with Gasteiger partial charge in [-0.3, -0.25) is 4.98 Å². The van der Waals surface area contributed by atoms with Gasteiger partial charge in [-0.25, -0.2) is 0 Å². The van der Waals surface area contributed by atoms with Crippen molar-refractivity contribution in [3.8, 4) is 5.88 Å².